The summed E-state index contributed by atoms with van der Waals surface area (Å²) in [5.74, 6) is -0.564. The number of carboxylic acids is 1. The Morgan fingerprint density at radius 2 is 1.71 bits per heavy atom. The highest BCUT2D eigenvalue weighted by atomic mass is 19.1. The SMILES string of the molecule is Cc1nc(COC2CCOCC2)c(-c2ccc(OCCc3ccc(F)cc3)cc2)c(N2CCC3(CCC3)CC2)c1C(OC(C)(C)C)C(=O)O. The quantitative estimate of drug-likeness (QED) is 0.206. The van der Waals surface area contributed by atoms with E-state index in [1.807, 2.05) is 52.0 Å². The van der Waals surface area contributed by atoms with E-state index in [4.69, 9.17) is 23.9 Å². The van der Waals surface area contributed by atoms with Gasteiger partial charge in [0, 0.05) is 49.5 Å². The molecule has 1 aliphatic carbocycles. The van der Waals surface area contributed by atoms with Gasteiger partial charge in [-0.25, -0.2) is 9.18 Å². The van der Waals surface area contributed by atoms with Crippen LogP contribution in [-0.2, 0) is 32.0 Å². The maximum absolute atomic E-state index is 13.3. The number of piperidine rings is 1. The molecule has 8 nitrogen and oxygen atoms in total. The van der Waals surface area contributed by atoms with Crippen LogP contribution in [0.3, 0.4) is 0 Å². The fourth-order valence-electron chi connectivity index (χ4n) is 7.47. The van der Waals surface area contributed by atoms with E-state index in [9.17, 15) is 14.3 Å². The number of anilines is 1. The fraction of sp³-hybridized carbons (Fsp3) is 0.550. The van der Waals surface area contributed by atoms with E-state index in [0.29, 0.717) is 49.5 Å². The molecule has 1 N–H and O–H groups in total. The molecule has 3 aromatic rings. The summed E-state index contributed by atoms with van der Waals surface area (Å²) in [5.41, 5.74) is 5.46. The van der Waals surface area contributed by atoms with Crippen LogP contribution < -0.4 is 9.64 Å². The van der Waals surface area contributed by atoms with Crippen LogP contribution >= 0.6 is 0 Å². The number of carbonyl (C=O) groups is 1. The van der Waals surface area contributed by atoms with E-state index < -0.39 is 17.7 Å². The number of rotatable bonds is 12. The molecule has 2 saturated heterocycles. The molecule has 0 bridgehead atoms. The zero-order valence-corrected chi connectivity index (χ0v) is 29.4. The van der Waals surface area contributed by atoms with Gasteiger partial charge in [-0.3, -0.25) is 4.98 Å². The summed E-state index contributed by atoms with van der Waals surface area (Å²) in [6.45, 7) is 11.4. The molecule has 1 unspecified atom stereocenters. The van der Waals surface area contributed by atoms with Gasteiger partial charge in [-0.05, 0) is 107 Å². The molecule has 3 heterocycles. The summed E-state index contributed by atoms with van der Waals surface area (Å²) in [5, 5.41) is 10.6. The number of ether oxygens (including phenoxy) is 4. The summed E-state index contributed by atoms with van der Waals surface area (Å²) in [6, 6.07) is 14.4. The molecule has 1 spiro atoms. The number of carboxylic acid groups (broad SMARTS) is 1. The molecule has 2 aliphatic heterocycles. The maximum Gasteiger partial charge on any atom is 0.337 e. The fourth-order valence-corrected chi connectivity index (χ4v) is 7.47. The highest BCUT2D eigenvalue weighted by Gasteiger charge is 2.42. The Bertz CT molecular complexity index is 1570. The van der Waals surface area contributed by atoms with Crippen molar-refractivity contribution in [2.24, 2.45) is 5.41 Å². The summed E-state index contributed by atoms with van der Waals surface area (Å²) in [7, 11) is 0. The zero-order valence-electron chi connectivity index (χ0n) is 29.4. The Morgan fingerprint density at radius 1 is 1.04 bits per heavy atom. The van der Waals surface area contributed by atoms with Crippen molar-refractivity contribution in [3.05, 3.63) is 76.9 Å². The highest BCUT2D eigenvalue weighted by Crippen LogP contribution is 2.51. The molecular formula is C40H51FN2O6. The lowest BCUT2D eigenvalue weighted by Gasteiger charge is -2.49. The number of nitrogens with zero attached hydrogens (tertiary/aromatic N) is 2. The lowest BCUT2D eigenvalue weighted by atomic mass is 9.63. The van der Waals surface area contributed by atoms with E-state index >= 15 is 0 Å². The normalized spacial score (nSPS) is 18.7. The molecular weight excluding hydrogens is 623 g/mol. The Kier molecular flexibility index (Phi) is 10.9. The number of aliphatic carboxylic acids is 1. The minimum atomic E-state index is -1.19. The second kappa shape index (κ2) is 15.2. The summed E-state index contributed by atoms with van der Waals surface area (Å²) in [4.78, 5) is 20.5. The van der Waals surface area contributed by atoms with Gasteiger partial charge in [-0.15, -0.1) is 0 Å². The lowest BCUT2D eigenvalue weighted by Crippen LogP contribution is -2.44. The Hall–Kier alpha value is -3.53. The molecule has 1 atom stereocenters. The van der Waals surface area contributed by atoms with Crippen LogP contribution in [0.2, 0.25) is 0 Å². The van der Waals surface area contributed by atoms with Crippen molar-refractivity contribution < 1.29 is 33.2 Å². The molecule has 9 heteroatoms. The van der Waals surface area contributed by atoms with Gasteiger partial charge in [0.25, 0.3) is 0 Å². The van der Waals surface area contributed by atoms with Crippen molar-refractivity contribution in [3.8, 4) is 16.9 Å². The molecule has 3 fully saturated rings. The second-order valence-electron chi connectivity index (χ2n) is 14.9. The minimum absolute atomic E-state index is 0.0770. The number of halogens is 1. The monoisotopic (exact) mass is 674 g/mol. The van der Waals surface area contributed by atoms with E-state index in [0.717, 1.165) is 72.6 Å². The van der Waals surface area contributed by atoms with Crippen molar-refractivity contribution in [3.63, 3.8) is 0 Å². The van der Waals surface area contributed by atoms with Crippen molar-refractivity contribution >= 4 is 11.7 Å². The largest absolute Gasteiger partial charge is 0.493 e. The van der Waals surface area contributed by atoms with Gasteiger partial charge >= 0.3 is 5.97 Å². The molecule has 0 amide bonds. The average molecular weight is 675 g/mol. The van der Waals surface area contributed by atoms with E-state index in [1.165, 1.54) is 31.4 Å². The highest BCUT2D eigenvalue weighted by molar-refractivity contribution is 5.88. The van der Waals surface area contributed by atoms with Crippen LogP contribution in [-0.4, -0.2) is 60.7 Å². The van der Waals surface area contributed by atoms with Gasteiger partial charge in [0.05, 0.1) is 36.3 Å². The van der Waals surface area contributed by atoms with Crippen LogP contribution in [0.4, 0.5) is 10.1 Å². The lowest BCUT2D eigenvalue weighted by molar-refractivity contribution is -0.160. The first-order valence-electron chi connectivity index (χ1n) is 17.9. The molecule has 2 aromatic carbocycles. The summed E-state index contributed by atoms with van der Waals surface area (Å²) < 4.78 is 37.8. The first-order chi connectivity index (χ1) is 23.5. The van der Waals surface area contributed by atoms with Gasteiger partial charge in [0.2, 0.25) is 0 Å². The molecule has 6 rings (SSSR count). The number of benzene rings is 2. The number of hydrogen-bond donors (Lipinski definition) is 1. The van der Waals surface area contributed by atoms with E-state index in [2.05, 4.69) is 4.90 Å². The van der Waals surface area contributed by atoms with Crippen LogP contribution in [0.15, 0.2) is 48.5 Å². The molecule has 0 radical (unpaired) electrons. The Morgan fingerprint density at radius 3 is 2.31 bits per heavy atom. The smallest absolute Gasteiger partial charge is 0.337 e. The van der Waals surface area contributed by atoms with Gasteiger partial charge < -0.3 is 29.0 Å². The van der Waals surface area contributed by atoms with Crippen LogP contribution in [0.1, 0.15) is 94.3 Å². The van der Waals surface area contributed by atoms with Gasteiger partial charge in [-0.1, -0.05) is 30.7 Å². The second-order valence-corrected chi connectivity index (χ2v) is 14.9. The Labute approximate surface area is 289 Å². The number of pyridine rings is 1. The van der Waals surface area contributed by atoms with Crippen LogP contribution in [0.5, 0.6) is 5.75 Å². The topological polar surface area (TPSA) is 90.4 Å². The average Bonchev–Trinajstić information content (AvgIpc) is 3.07. The maximum atomic E-state index is 13.3. The third kappa shape index (κ3) is 8.62. The standard InChI is InChI=1S/C40H51FN2O6/c1-27-34(37(38(44)45)49-39(2,3)4)36(43-21-19-40(20-22-43)17-5-18-40)35(33(42-27)26-48-32-15-23-46-24-16-32)29-8-12-31(13-9-29)47-25-14-28-6-10-30(41)11-7-28/h6-13,32,37H,5,14-26H2,1-4H3,(H,44,45). The zero-order chi connectivity index (χ0) is 34.6. The first kappa shape index (κ1) is 35.3. The van der Waals surface area contributed by atoms with Crippen molar-refractivity contribution in [1.29, 1.82) is 0 Å². The Balaban J connectivity index is 1.39. The molecule has 49 heavy (non-hydrogen) atoms. The summed E-state index contributed by atoms with van der Waals surface area (Å²) >= 11 is 0. The van der Waals surface area contributed by atoms with E-state index in [-0.39, 0.29) is 11.9 Å². The van der Waals surface area contributed by atoms with E-state index in [1.54, 1.807) is 12.1 Å². The summed E-state index contributed by atoms with van der Waals surface area (Å²) in [6.07, 6.45) is 7.20. The van der Waals surface area contributed by atoms with Gasteiger partial charge in [-0.2, -0.15) is 0 Å². The third-order valence-electron chi connectivity index (χ3n) is 10.3. The van der Waals surface area contributed by atoms with Crippen molar-refractivity contribution in [2.45, 2.75) is 103 Å². The third-order valence-corrected chi connectivity index (χ3v) is 10.3. The predicted molar refractivity (Wildman–Crippen MR) is 188 cm³/mol. The van der Waals surface area contributed by atoms with Gasteiger partial charge in [0.15, 0.2) is 6.10 Å². The first-order valence-corrected chi connectivity index (χ1v) is 17.9. The van der Waals surface area contributed by atoms with Crippen LogP contribution in [0.25, 0.3) is 11.1 Å². The predicted octanol–water partition coefficient (Wildman–Crippen LogP) is 8.22. The molecule has 1 saturated carbocycles. The van der Waals surface area contributed by atoms with Crippen molar-refractivity contribution in [2.75, 3.05) is 37.8 Å². The minimum Gasteiger partial charge on any atom is -0.493 e. The number of aromatic nitrogens is 1. The molecule has 3 aliphatic rings. The van der Waals surface area contributed by atoms with Crippen LogP contribution in [0, 0.1) is 18.2 Å². The number of aryl methyl sites for hydroxylation is 1. The van der Waals surface area contributed by atoms with Gasteiger partial charge in [0.1, 0.15) is 11.6 Å². The molecule has 1 aromatic heterocycles. The molecule has 264 valence electrons. The van der Waals surface area contributed by atoms with Crippen molar-refractivity contribution in [1.82, 2.24) is 4.98 Å². The number of hydrogen-bond acceptors (Lipinski definition) is 7.